The summed E-state index contributed by atoms with van der Waals surface area (Å²) < 4.78 is 76.7. The second-order valence-corrected chi connectivity index (χ2v) is 4.48. The maximum atomic E-state index is 12.8. The molecule has 108 valence electrons. The summed E-state index contributed by atoms with van der Waals surface area (Å²) in [7, 11) is 0. The maximum absolute atomic E-state index is 12.8. The highest BCUT2D eigenvalue weighted by Crippen LogP contribution is 2.51. The molecule has 0 aromatic heterocycles. The molecule has 1 aromatic rings. The summed E-state index contributed by atoms with van der Waals surface area (Å²) in [5.41, 5.74) is -6.00. The Kier molecular flexibility index (Phi) is 3.66. The third kappa shape index (κ3) is 2.43. The van der Waals surface area contributed by atoms with E-state index >= 15 is 0 Å². The van der Waals surface area contributed by atoms with Gasteiger partial charge in [0.2, 0.25) is 0 Å². The van der Waals surface area contributed by atoms with E-state index in [0.29, 0.717) is 5.56 Å². The lowest BCUT2D eigenvalue weighted by molar-refractivity contribution is -0.376. The van der Waals surface area contributed by atoms with Crippen LogP contribution < -0.4 is 0 Å². The molecule has 0 aliphatic rings. The summed E-state index contributed by atoms with van der Waals surface area (Å²) in [6.45, 7) is 3.76. The van der Waals surface area contributed by atoms with Gasteiger partial charge < -0.3 is 5.11 Å². The lowest BCUT2D eigenvalue weighted by Gasteiger charge is -2.35. The predicted molar refractivity (Wildman–Crippen MR) is 56.7 cm³/mol. The van der Waals surface area contributed by atoms with Gasteiger partial charge in [0, 0.05) is 5.56 Å². The van der Waals surface area contributed by atoms with Crippen molar-refractivity contribution < 1.29 is 31.4 Å². The standard InChI is InChI=1S/C12H12F6O/c1-6-4-7(2)9(8(3)5-6)10(19,11(13,14)15)12(16,17)18/h4-5,19H,1-3H3. The molecule has 0 atom stereocenters. The number of hydrogen-bond donors (Lipinski definition) is 1. The van der Waals surface area contributed by atoms with Gasteiger partial charge in [-0.15, -0.1) is 0 Å². The molecule has 1 rings (SSSR count). The molecule has 0 bridgehead atoms. The molecule has 1 N–H and O–H groups in total. The van der Waals surface area contributed by atoms with E-state index in [9.17, 15) is 31.4 Å². The van der Waals surface area contributed by atoms with Crippen LogP contribution in [0.4, 0.5) is 26.3 Å². The van der Waals surface area contributed by atoms with Gasteiger partial charge in [0.15, 0.2) is 0 Å². The lowest BCUT2D eigenvalue weighted by Crippen LogP contribution is -2.54. The molecule has 1 nitrogen and oxygen atoms in total. The van der Waals surface area contributed by atoms with E-state index in [-0.39, 0.29) is 11.1 Å². The van der Waals surface area contributed by atoms with Gasteiger partial charge in [0.1, 0.15) is 0 Å². The molecule has 1 aromatic carbocycles. The van der Waals surface area contributed by atoms with E-state index < -0.39 is 23.5 Å². The number of benzene rings is 1. The van der Waals surface area contributed by atoms with E-state index in [2.05, 4.69) is 0 Å². The molecule has 0 heterocycles. The zero-order valence-corrected chi connectivity index (χ0v) is 10.4. The fraction of sp³-hybridized carbons (Fsp3) is 0.500. The molecule has 0 radical (unpaired) electrons. The minimum absolute atomic E-state index is 0.255. The highest BCUT2D eigenvalue weighted by atomic mass is 19.4. The Bertz CT molecular complexity index is 449. The van der Waals surface area contributed by atoms with E-state index in [1.165, 1.54) is 12.1 Å². The van der Waals surface area contributed by atoms with Crippen LogP contribution in [-0.2, 0) is 5.60 Å². The highest BCUT2D eigenvalue weighted by molar-refractivity contribution is 5.43. The number of hydrogen-bond acceptors (Lipinski definition) is 1. The van der Waals surface area contributed by atoms with E-state index in [0.717, 1.165) is 13.8 Å². The van der Waals surface area contributed by atoms with Gasteiger partial charge in [-0.2, -0.15) is 26.3 Å². The number of aliphatic hydroxyl groups is 1. The van der Waals surface area contributed by atoms with Crippen LogP contribution in [0.2, 0.25) is 0 Å². The number of alkyl halides is 6. The van der Waals surface area contributed by atoms with Crippen LogP contribution in [-0.4, -0.2) is 17.5 Å². The van der Waals surface area contributed by atoms with Crippen LogP contribution in [0.25, 0.3) is 0 Å². The van der Waals surface area contributed by atoms with Crippen molar-refractivity contribution >= 4 is 0 Å². The van der Waals surface area contributed by atoms with Gasteiger partial charge in [0.25, 0.3) is 5.60 Å². The number of rotatable bonds is 1. The molecule has 0 fully saturated rings. The van der Waals surface area contributed by atoms with Crippen LogP contribution in [0.1, 0.15) is 22.3 Å². The van der Waals surface area contributed by atoms with Crippen molar-refractivity contribution in [1.29, 1.82) is 0 Å². The molecular weight excluding hydrogens is 274 g/mol. The van der Waals surface area contributed by atoms with Crippen LogP contribution in [0.15, 0.2) is 12.1 Å². The Labute approximate surface area is 105 Å². The first-order chi connectivity index (χ1) is 8.32. The van der Waals surface area contributed by atoms with Crippen molar-refractivity contribution in [3.63, 3.8) is 0 Å². The van der Waals surface area contributed by atoms with Crippen molar-refractivity contribution in [3.05, 3.63) is 34.4 Å². The van der Waals surface area contributed by atoms with Crippen molar-refractivity contribution in [2.45, 2.75) is 38.7 Å². The van der Waals surface area contributed by atoms with Gasteiger partial charge in [-0.1, -0.05) is 17.7 Å². The average molecular weight is 286 g/mol. The Morgan fingerprint density at radius 3 is 1.37 bits per heavy atom. The molecule has 0 spiro atoms. The molecule has 0 saturated carbocycles. The summed E-state index contributed by atoms with van der Waals surface area (Å²) in [5, 5.41) is 9.36. The Balaban J connectivity index is 3.72. The topological polar surface area (TPSA) is 20.2 Å². The highest BCUT2D eigenvalue weighted by Gasteiger charge is 2.72. The van der Waals surface area contributed by atoms with Gasteiger partial charge in [-0.3, -0.25) is 0 Å². The summed E-state index contributed by atoms with van der Waals surface area (Å²) in [6, 6.07) is 2.34. The quantitative estimate of drug-likeness (QED) is 0.776. The molecule has 7 heteroatoms. The van der Waals surface area contributed by atoms with Crippen LogP contribution in [0.3, 0.4) is 0 Å². The first-order valence-electron chi connectivity index (χ1n) is 5.26. The molecule has 0 aliphatic heterocycles. The first-order valence-corrected chi connectivity index (χ1v) is 5.26. The van der Waals surface area contributed by atoms with E-state index in [1.807, 2.05) is 0 Å². The fourth-order valence-electron chi connectivity index (χ4n) is 2.19. The van der Waals surface area contributed by atoms with Crippen LogP contribution in [0, 0.1) is 20.8 Å². The van der Waals surface area contributed by atoms with Gasteiger partial charge in [-0.25, -0.2) is 0 Å². The largest absolute Gasteiger partial charge is 0.430 e. The molecule has 0 amide bonds. The van der Waals surface area contributed by atoms with Crippen molar-refractivity contribution in [3.8, 4) is 0 Å². The normalized spacial score (nSPS) is 13.8. The third-order valence-corrected chi connectivity index (χ3v) is 2.86. The second-order valence-electron chi connectivity index (χ2n) is 4.48. The Morgan fingerprint density at radius 2 is 1.11 bits per heavy atom. The Hall–Kier alpha value is -1.24. The maximum Gasteiger partial charge on any atom is 0.430 e. The van der Waals surface area contributed by atoms with E-state index in [4.69, 9.17) is 0 Å². The second kappa shape index (κ2) is 4.40. The van der Waals surface area contributed by atoms with Crippen LogP contribution >= 0.6 is 0 Å². The zero-order valence-electron chi connectivity index (χ0n) is 10.4. The smallest absolute Gasteiger partial charge is 0.369 e. The first kappa shape index (κ1) is 15.8. The third-order valence-electron chi connectivity index (χ3n) is 2.86. The monoisotopic (exact) mass is 286 g/mol. The summed E-state index contributed by atoms with van der Waals surface area (Å²) >= 11 is 0. The van der Waals surface area contributed by atoms with Gasteiger partial charge >= 0.3 is 12.4 Å². The SMILES string of the molecule is Cc1cc(C)c(C(O)(C(F)(F)F)C(F)(F)F)c(C)c1. The molecular formula is C12H12F6O. The Morgan fingerprint density at radius 1 is 0.789 bits per heavy atom. The molecule has 0 saturated heterocycles. The minimum atomic E-state index is -5.85. The fourth-order valence-corrected chi connectivity index (χ4v) is 2.19. The molecule has 19 heavy (non-hydrogen) atoms. The van der Waals surface area contributed by atoms with Gasteiger partial charge in [0.05, 0.1) is 0 Å². The van der Waals surface area contributed by atoms with Crippen LogP contribution in [0.5, 0.6) is 0 Å². The summed E-state index contributed by atoms with van der Waals surface area (Å²) in [6.07, 6.45) is -11.7. The average Bonchev–Trinajstić information content (AvgIpc) is 2.11. The number of halogens is 6. The molecule has 0 unspecified atom stereocenters. The minimum Gasteiger partial charge on any atom is -0.369 e. The molecule has 0 aliphatic carbocycles. The van der Waals surface area contributed by atoms with E-state index in [1.54, 1.807) is 6.92 Å². The summed E-state index contributed by atoms with van der Waals surface area (Å²) in [5.74, 6) is 0. The van der Waals surface area contributed by atoms with Crippen molar-refractivity contribution in [2.24, 2.45) is 0 Å². The number of aryl methyl sites for hydroxylation is 3. The summed E-state index contributed by atoms with van der Waals surface area (Å²) in [4.78, 5) is 0. The zero-order chi connectivity index (χ0) is 15.2. The lowest BCUT2D eigenvalue weighted by atomic mass is 9.84. The van der Waals surface area contributed by atoms with Crippen molar-refractivity contribution in [2.75, 3.05) is 0 Å². The van der Waals surface area contributed by atoms with Gasteiger partial charge in [-0.05, 0) is 31.9 Å². The van der Waals surface area contributed by atoms with Crippen molar-refractivity contribution in [1.82, 2.24) is 0 Å². The predicted octanol–water partition coefficient (Wildman–Crippen LogP) is 3.92.